The number of hydrogen-bond acceptors (Lipinski definition) is 6. The Morgan fingerprint density at radius 1 is 0.966 bits per heavy atom. The van der Waals surface area contributed by atoms with E-state index in [9.17, 15) is 14.7 Å². The SMILES string of the molecule is Nc1c(OCCNc2ccccc2Cl)cc(O)c2c1C(=O)c1ccccc1C2=O. The second-order valence-electron chi connectivity index (χ2n) is 6.52. The normalized spacial score (nSPS) is 12.3. The standard InChI is InChI=1S/C22H17ClN2O4/c23-14-7-3-4-8-15(14)25-9-10-29-17-11-16(26)18-19(20(17)24)22(28)13-6-2-1-5-12(13)21(18)27/h1-8,11,25-26H,9-10,24H2. The van der Waals surface area contributed by atoms with Crippen molar-refractivity contribution in [3.8, 4) is 11.5 Å². The Labute approximate surface area is 171 Å². The van der Waals surface area contributed by atoms with Crippen LogP contribution in [0, 0.1) is 0 Å². The first-order valence-corrected chi connectivity index (χ1v) is 9.32. The number of hydrogen-bond donors (Lipinski definition) is 3. The molecular formula is C22H17ClN2O4. The van der Waals surface area contributed by atoms with Crippen LogP contribution in [0.4, 0.5) is 11.4 Å². The number of para-hydroxylation sites is 1. The first-order chi connectivity index (χ1) is 14.0. The van der Waals surface area contributed by atoms with Crippen molar-refractivity contribution in [2.24, 2.45) is 0 Å². The van der Waals surface area contributed by atoms with Gasteiger partial charge >= 0.3 is 0 Å². The van der Waals surface area contributed by atoms with E-state index in [0.717, 1.165) is 5.69 Å². The van der Waals surface area contributed by atoms with Crippen molar-refractivity contribution in [1.29, 1.82) is 0 Å². The van der Waals surface area contributed by atoms with Crippen molar-refractivity contribution < 1.29 is 19.4 Å². The molecular weight excluding hydrogens is 392 g/mol. The number of fused-ring (bicyclic) bond motifs is 2. The van der Waals surface area contributed by atoms with Gasteiger partial charge in [-0.2, -0.15) is 0 Å². The molecule has 0 radical (unpaired) electrons. The minimum atomic E-state index is -0.439. The van der Waals surface area contributed by atoms with Gasteiger partial charge in [0.05, 0.1) is 27.5 Å². The zero-order chi connectivity index (χ0) is 20.5. The second-order valence-corrected chi connectivity index (χ2v) is 6.92. The monoisotopic (exact) mass is 408 g/mol. The number of carbonyl (C=O) groups excluding carboxylic acids is 2. The van der Waals surface area contributed by atoms with Crippen LogP contribution in [0.1, 0.15) is 31.8 Å². The Bertz CT molecular complexity index is 1140. The van der Waals surface area contributed by atoms with Gasteiger partial charge in [-0.1, -0.05) is 48.0 Å². The molecule has 0 saturated carbocycles. The summed E-state index contributed by atoms with van der Waals surface area (Å²) in [7, 11) is 0. The fourth-order valence-electron chi connectivity index (χ4n) is 3.34. The summed E-state index contributed by atoms with van der Waals surface area (Å²) in [4.78, 5) is 25.7. The maximum absolute atomic E-state index is 12.9. The van der Waals surface area contributed by atoms with Gasteiger partial charge in [0.15, 0.2) is 11.6 Å². The van der Waals surface area contributed by atoms with Crippen molar-refractivity contribution in [1.82, 2.24) is 0 Å². The highest BCUT2D eigenvalue weighted by Crippen LogP contribution is 2.41. The van der Waals surface area contributed by atoms with E-state index in [1.807, 2.05) is 18.2 Å². The minimum absolute atomic E-state index is 0.0252. The average Bonchev–Trinajstić information content (AvgIpc) is 2.72. The summed E-state index contributed by atoms with van der Waals surface area (Å²) < 4.78 is 5.66. The van der Waals surface area contributed by atoms with E-state index in [1.165, 1.54) is 6.07 Å². The Morgan fingerprint density at radius 2 is 1.59 bits per heavy atom. The number of phenols is 1. The number of halogens is 1. The molecule has 3 aromatic rings. The zero-order valence-electron chi connectivity index (χ0n) is 15.2. The summed E-state index contributed by atoms with van der Waals surface area (Å²) in [6.45, 7) is 0.614. The summed E-state index contributed by atoms with van der Waals surface area (Å²) in [5.74, 6) is -1.05. The van der Waals surface area contributed by atoms with Crippen LogP contribution < -0.4 is 15.8 Å². The number of carbonyl (C=O) groups is 2. The lowest BCUT2D eigenvalue weighted by Crippen LogP contribution is -2.23. The van der Waals surface area contributed by atoms with Crippen LogP contribution in [0.15, 0.2) is 54.6 Å². The van der Waals surface area contributed by atoms with E-state index in [1.54, 1.807) is 30.3 Å². The number of aromatic hydroxyl groups is 1. The number of ether oxygens (including phenoxy) is 1. The molecule has 146 valence electrons. The number of rotatable bonds is 5. The smallest absolute Gasteiger partial charge is 0.198 e. The largest absolute Gasteiger partial charge is 0.507 e. The van der Waals surface area contributed by atoms with Crippen molar-refractivity contribution in [2.45, 2.75) is 0 Å². The first kappa shape index (κ1) is 18.8. The summed E-state index contributed by atoms with van der Waals surface area (Å²) in [6, 6.07) is 15.0. The summed E-state index contributed by atoms with van der Waals surface area (Å²) in [5, 5.41) is 14.1. The summed E-state index contributed by atoms with van der Waals surface area (Å²) in [5.41, 5.74) is 7.33. The number of nitrogen functional groups attached to an aromatic ring is 1. The topological polar surface area (TPSA) is 102 Å². The lowest BCUT2D eigenvalue weighted by Gasteiger charge is -2.21. The molecule has 0 bridgehead atoms. The molecule has 1 aliphatic rings. The third-order valence-corrected chi connectivity index (χ3v) is 5.06. The predicted molar refractivity (Wildman–Crippen MR) is 111 cm³/mol. The van der Waals surface area contributed by atoms with E-state index in [0.29, 0.717) is 11.6 Å². The number of phenolic OH excluding ortho intramolecular Hbond substituents is 1. The van der Waals surface area contributed by atoms with Gasteiger partial charge in [0, 0.05) is 23.7 Å². The van der Waals surface area contributed by atoms with Crippen LogP contribution in [0.3, 0.4) is 0 Å². The zero-order valence-corrected chi connectivity index (χ0v) is 16.0. The molecule has 6 nitrogen and oxygen atoms in total. The molecule has 0 atom stereocenters. The summed E-state index contributed by atoms with van der Waals surface area (Å²) in [6.07, 6.45) is 0. The number of benzene rings is 3. The molecule has 0 saturated heterocycles. The third-order valence-electron chi connectivity index (χ3n) is 4.73. The molecule has 29 heavy (non-hydrogen) atoms. The molecule has 0 aliphatic heterocycles. The van der Waals surface area contributed by atoms with Gasteiger partial charge in [-0.25, -0.2) is 0 Å². The molecule has 0 heterocycles. The highest BCUT2D eigenvalue weighted by molar-refractivity contribution is 6.33. The van der Waals surface area contributed by atoms with E-state index < -0.39 is 11.6 Å². The van der Waals surface area contributed by atoms with E-state index in [2.05, 4.69) is 5.32 Å². The van der Waals surface area contributed by atoms with Gasteiger partial charge < -0.3 is 20.9 Å². The van der Waals surface area contributed by atoms with Crippen LogP contribution in [-0.2, 0) is 0 Å². The lowest BCUT2D eigenvalue weighted by atomic mass is 9.82. The van der Waals surface area contributed by atoms with Gasteiger partial charge in [-0.05, 0) is 12.1 Å². The molecule has 4 rings (SSSR count). The van der Waals surface area contributed by atoms with Crippen molar-refractivity contribution in [3.63, 3.8) is 0 Å². The number of nitrogens with one attached hydrogen (secondary N) is 1. The van der Waals surface area contributed by atoms with Gasteiger partial charge in [0.2, 0.25) is 0 Å². The van der Waals surface area contributed by atoms with E-state index in [4.69, 9.17) is 22.1 Å². The highest BCUT2D eigenvalue weighted by atomic mass is 35.5. The molecule has 7 heteroatoms. The Balaban J connectivity index is 1.58. The molecule has 1 aliphatic carbocycles. The first-order valence-electron chi connectivity index (χ1n) is 8.94. The Hall–Kier alpha value is -3.51. The molecule has 0 aromatic heterocycles. The third kappa shape index (κ3) is 3.28. The fraction of sp³-hybridized carbons (Fsp3) is 0.0909. The Kier molecular flexibility index (Phi) is 4.86. The van der Waals surface area contributed by atoms with Crippen LogP contribution in [-0.4, -0.2) is 29.8 Å². The molecule has 0 fully saturated rings. The van der Waals surface area contributed by atoms with E-state index >= 15 is 0 Å². The highest BCUT2D eigenvalue weighted by Gasteiger charge is 2.35. The number of nitrogens with two attached hydrogens (primary N) is 1. The molecule has 0 amide bonds. The van der Waals surface area contributed by atoms with Gasteiger partial charge in [-0.15, -0.1) is 0 Å². The molecule has 3 aromatic carbocycles. The summed E-state index contributed by atoms with van der Waals surface area (Å²) >= 11 is 6.09. The maximum atomic E-state index is 12.9. The Morgan fingerprint density at radius 3 is 2.28 bits per heavy atom. The average molecular weight is 409 g/mol. The van der Waals surface area contributed by atoms with Gasteiger partial charge in [0.25, 0.3) is 0 Å². The minimum Gasteiger partial charge on any atom is -0.507 e. The predicted octanol–water partition coefficient (Wildman–Crippen LogP) is 3.89. The lowest BCUT2D eigenvalue weighted by molar-refractivity contribution is 0.0977. The maximum Gasteiger partial charge on any atom is 0.198 e. The van der Waals surface area contributed by atoms with Crippen LogP contribution >= 0.6 is 11.6 Å². The van der Waals surface area contributed by atoms with Crippen LogP contribution in [0.25, 0.3) is 0 Å². The van der Waals surface area contributed by atoms with Crippen molar-refractivity contribution in [2.75, 3.05) is 24.2 Å². The molecule has 0 spiro atoms. The molecule has 4 N–H and O–H groups in total. The number of ketones is 2. The van der Waals surface area contributed by atoms with Crippen molar-refractivity contribution >= 4 is 34.5 Å². The van der Waals surface area contributed by atoms with Gasteiger partial charge in [0.1, 0.15) is 18.1 Å². The fourth-order valence-corrected chi connectivity index (χ4v) is 3.55. The second kappa shape index (κ2) is 7.48. The number of anilines is 2. The van der Waals surface area contributed by atoms with Gasteiger partial charge in [-0.3, -0.25) is 9.59 Å². The van der Waals surface area contributed by atoms with Crippen LogP contribution in [0.5, 0.6) is 11.5 Å². The quantitative estimate of drug-likeness (QED) is 0.263. The van der Waals surface area contributed by atoms with E-state index in [-0.39, 0.29) is 46.0 Å². The molecule has 0 unspecified atom stereocenters. The van der Waals surface area contributed by atoms with Crippen molar-refractivity contribution in [3.05, 3.63) is 81.9 Å². The van der Waals surface area contributed by atoms with Crippen LogP contribution in [0.2, 0.25) is 5.02 Å².